The highest BCUT2D eigenvalue weighted by atomic mass is 32.2. The van der Waals surface area contributed by atoms with Gasteiger partial charge in [0.25, 0.3) is 5.91 Å². The summed E-state index contributed by atoms with van der Waals surface area (Å²) in [5.74, 6) is -0.604. The first-order chi connectivity index (χ1) is 22.1. The molecule has 5 rings (SSSR count). The summed E-state index contributed by atoms with van der Waals surface area (Å²) in [7, 11) is -2.48. The van der Waals surface area contributed by atoms with Crippen molar-refractivity contribution in [3.05, 3.63) is 96.4 Å². The second-order valence-corrected chi connectivity index (χ2v) is 12.6. The van der Waals surface area contributed by atoms with Gasteiger partial charge in [0.1, 0.15) is 5.75 Å². The number of sulfonamides is 1. The van der Waals surface area contributed by atoms with Crippen LogP contribution in [0.1, 0.15) is 29.6 Å². The smallest absolute Gasteiger partial charge is 0.290 e. The zero-order valence-electron chi connectivity index (χ0n) is 25.5. The molecule has 1 aliphatic heterocycles. The van der Waals surface area contributed by atoms with E-state index in [1.165, 1.54) is 26.2 Å². The number of benzene rings is 3. The molecule has 0 saturated carbocycles. The number of nitrogen functional groups attached to an aromatic ring is 1. The van der Waals surface area contributed by atoms with Crippen molar-refractivity contribution in [3.8, 4) is 5.75 Å². The summed E-state index contributed by atoms with van der Waals surface area (Å²) in [4.78, 5) is 25.9. The van der Waals surface area contributed by atoms with Crippen LogP contribution < -0.4 is 15.8 Å². The number of allylic oxidation sites excluding steroid dienone is 1. The number of nitrogens with zero attached hydrogens (tertiary/aromatic N) is 2. The van der Waals surface area contributed by atoms with Gasteiger partial charge in [-0.15, -0.1) is 0 Å². The van der Waals surface area contributed by atoms with Crippen LogP contribution in [0.25, 0.3) is 10.9 Å². The summed E-state index contributed by atoms with van der Waals surface area (Å²) >= 11 is 0. The van der Waals surface area contributed by atoms with Crippen LogP contribution in [0.2, 0.25) is 0 Å². The molecular weight excluding hydrogens is 612 g/mol. The van der Waals surface area contributed by atoms with E-state index in [1.54, 1.807) is 53.2 Å². The number of anilines is 2. The lowest BCUT2D eigenvalue weighted by molar-refractivity contribution is -0.143. The third-order valence-electron chi connectivity index (χ3n) is 7.66. The summed E-state index contributed by atoms with van der Waals surface area (Å²) in [5, 5.41) is 13.2. The Bertz CT molecular complexity index is 1850. The molecule has 4 aromatic rings. The van der Waals surface area contributed by atoms with Crippen LogP contribution in [0, 0.1) is 0 Å². The van der Waals surface area contributed by atoms with E-state index < -0.39 is 34.7 Å². The first kappa shape index (κ1) is 32.7. The number of nitrogens with one attached hydrogen (secondary N) is 1. The Kier molecular flexibility index (Phi) is 10.1. The molecule has 0 spiro atoms. The Morgan fingerprint density at radius 3 is 2.48 bits per heavy atom. The maximum atomic E-state index is 13.4. The second-order valence-electron chi connectivity index (χ2n) is 10.6. The lowest BCUT2D eigenvalue weighted by Crippen LogP contribution is -2.37. The van der Waals surface area contributed by atoms with E-state index in [2.05, 4.69) is 5.32 Å². The van der Waals surface area contributed by atoms with Gasteiger partial charge in [-0.05, 0) is 54.1 Å². The van der Waals surface area contributed by atoms with Crippen LogP contribution in [0.4, 0.5) is 11.4 Å². The van der Waals surface area contributed by atoms with Crippen LogP contribution >= 0.6 is 0 Å². The van der Waals surface area contributed by atoms with Crippen molar-refractivity contribution in [2.45, 2.75) is 30.4 Å². The number of rotatable bonds is 12. The number of para-hydroxylation sites is 3. The van der Waals surface area contributed by atoms with Crippen molar-refractivity contribution in [3.63, 3.8) is 0 Å². The lowest BCUT2D eigenvalue weighted by Gasteiger charge is -2.30. The van der Waals surface area contributed by atoms with Crippen LogP contribution in [0.15, 0.2) is 95.7 Å². The van der Waals surface area contributed by atoms with Gasteiger partial charge in [-0.25, -0.2) is 8.42 Å². The normalized spacial score (nSPS) is 16.6. The van der Waals surface area contributed by atoms with E-state index in [1.807, 2.05) is 24.3 Å². The highest BCUT2D eigenvalue weighted by Gasteiger charge is 2.32. The number of aliphatic hydroxyl groups excluding tert-OH is 1. The minimum atomic E-state index is -3.96. The fourth-order valence-corrected chi connectivity index (χ4v) is 6.75. The van der Waals surface area contributed by atoms with Crippen molar-refractivity contribution in [1.82, 2.24) is 8.87 Å². The zero-order chi connectivity index (χ0) is 32.8. The van der Waals surface area contributed by atoms with Gasteiger partial charge in [0.15, 0.2) is 5.76 Å². The zero-order valence-corrected chi connectivity index (χ0v) is 26.3. The average molecular weight is 649 g/mol. The summed E-state index contributed by atoms with van der Waals surface area (Å²) in [5.41, 5.74) is 8.36. The molecule has 1 aromatic heterocycles. The van der Waals surface area contributed by atoms with E-state index in [0.29, 0.717) is 17.1 Å². The molecular formula is C33H36N4O8S. The lowest BCUT2D eigenvalue weighted by atomic mass is 9.92. The van der Waals surface area contributed by atoms with E-state index in [0.717, 1.165) is 20.8 Å². The summed E-state index contributed by atoms with van der Waals surface area (Å²) < 4.78 is 46.6. The maximum Gasteiger partial charge on any atom is 0.290 e. The number of fused-ring (bicyclic) bond motifs is 1. The van der Waals surface area contributed by atoms with Gasteiger partial charge in [-0.2, -0.15) is 4.31 Å². The van der Waals surface area contributed by atoms with E-state index in [4.69, 9.17) is 19.9 Å². The minimum absolute atomic E-state index is 0.0118. The number of amides is 1. The highest BCUT2D eigenvalue weighted by molar-refractivity contribution is 7.89. The number of nitrogens with two attached hydrogens (primary N) is 1. The number of aliphatic hydroxyl groups is 1. The van der Waals surface area contributed by atoms with Gasteiger partial charge in [0.05, 0.1) is 42.1 Å². The number of hydrogen-bond acceptors (Lipinski definition) is 9. The van der Waals surface area contributed by atoms with Crippen LogP contribution in [-0.4, -0.2) is 73.9 Å². The Hall–Kier alpha value is -4.69. The standard InChI is InChI=1S/C33H36N4O8S/c1-22(39)37-21-27(26-7-3-6-10-30(26)37)23-19-31(33(40)35-29-9-5-4-8-28(29)34)45-32(20-23)44-18-16-36(15-17-38)46(41,42)25-13-11-24(43-2)12-14-25/h3-14,19,21,23,32,38H,15-18,20,34H2,1-2H3,(H,35,40)/t23-,32+/m0/s1. The summed E-state index contributed by atoms with van der Waals surface area (Å²) in [6.07, 6.45) is 2.78. The Morgan fingerprint density at radius 2 is 1.78 bits per heavy atom. The van der Waals surface area contributed by atoms with Crippen molar-refractivity contribution >= 4 is 44.1 Å². The molecule has 13 heteroatoms. The third-order valence-corrected chi connectivity index (χ3v) is 9.58. The molecule has 0 radical (unpaired) electrons. The Balaban J connectivity index is 1.39. The van der Waals surface area contributed by atoms with Crippen LogP contribution in [-0.2, 0) is 24.3 Å². The summed E-state index contributed by atoms with van der Waals surface area (Å²) in [6, 6.07) is 20.2. The van der Waals surface area contributed by atoms with Gasteiger partial charge in [-0.1, -0.05) is 30.3 Å². The van der Waals surface area contributed by atoms with E-state index in [9.17, 15) is 23.1 Å². The van der Waals surface area contributed by atoms with Crippen molar-refractivity contribution in [1.29, 1.82) is 0 Å². The largest absolute Gasteiger partial charge is 0.497 e. The molecule has 2 atom stereocenters. The van der Waals surface area contributed by atoms with Gasteiger partial charge < -0.3 is 30.4 Å². The molecule has 46 heavy (non-hydrogen) atoms. The monoisotopic (exact) mass is 648 g/mol. The first-order valence-electron chi connectivity index (χ1n) is 14.6. The maximum absolute atomic E-state index is 13.4. The van der Waals surface area contributed by atoms with Crippen LogP contribution in [0.5, 0.6) is 5.75 Å². The topological polar surface area (TPSA) is 162 Å². The molecule has 242 valence electrons. The second kappa shape index (κ2) is 14.2. The minimum Gasteiger partial charge on any atom is -0.497 e. The van der Waals surface area contributed by atoms with Crippen molar-refractivity contribution in [2.75, 3.05) is 44.5 Å². The number of carbonyl (C=O) groups is 2. The Labute approximate surface area is 267 Å². The SMILES string of the molecule is COc1ccc(S(=O)(=O)N(CCO)CCO[C@H]2C[C@@H](c3cn(C(C)=O)c4ccccc34)C=C(C(=O)Nc3ccccc3N)O2)cc1. The van der Waals surface area contributed by atoms with E-state index >= 15 is 0 Å². The molecule has 0 bridgehead atoms. The molecule has 4 N–H and O–H groups in total. The molecule has 1 amide bonds. The molecule has 12 nitrogen and oxygen atoms in total. The van der Waals surface area contributed by atoms with E-state index in [-0.39, 0.29) is 42.7 Å². The van der Waals surface area contributed by atoms with Gasteiger partial charge >= 0.3 is 0 Å². The number of hydrogen-bond donors (Lipinski definition) is 3. The highest BCUT2D eigenvalue weighted by Crippen LogP contribution is 2.37. The first-order valence-corrected chi connectivity index (χ1v) is 16.1. The molecule has 0 unspecified atom stereocenters. The van der Waals surface area contributed by atoms with Gasteiger partial charge in [-0.3, -0.25) is 14.2 Å². The predicted octanol–water partition coefficient (Wildman–Crippen LogP) is 3.94. The molecule has 1 aliphatic rings. The summed E-state index contributed by atoms with van der Waals surface area (Å²) in [6.45, 7) is 0.746. The number of methoxy groups -OCH3 is 1. The quantitative estimate of drug-likeness (QED) is 0.193. The fraction of sp³-hybridized carbons (Fsp3) is 0.273. The molecule has 3 aromatic carbocycles. The fourth-order valence-electron chi connectivity index (χ4n) is 5.34. The molecule has 0 aliphatic carbocycles. The molecule has 0 saturated heterocycles. The average Bonchev–Trinajstić information content (AvgIpc) is 3.45. The van der Waals surface area contributed by atoms with Crippen molar-refractivity contribution < 1.29 is 37.3 Å². The molecule has 2 heterocycles. The Morgan fingerprint density at radius 1 is 1.07 bits per heavy atom. The predicted molar refractivity (Wildman–Crippen MR) is 173 cm³/mol. The number of ether oxygens (including phenoxy) is 3. The third kappa shape index (κ3) is 7.07. The number of aromatic nitrogens is 1. The molecule has 0 fully saturated rings. The van der Waals surface area contributed by atoms with Gasteiger partial charge in [0.2, 0.25) is 22.2 Å². The van der Waals surface area contributed by atoms with Crippen molar-refractivity contribution in [2.24, 2.45) is 0 Å². The van der Waals surface area contributed by atoms with Crippen LogP contribution in [0.3, 0.4) is 0 Å². The number of carbonyl (C=O) groups excluding carboxylic acids is 2. The van der Waals surface area contributed by atoms with Gasteiger partial charge in [0, 0.05) is 43.9 Å².